The van der Waals surface area contributed by atoms with Crippen molar-refractivity contribution >= 4 is 0 Å². The maximum atomic E-state index is 5.60. The van der Waals surface area contributed by atoms with Crippen LogP contribution in [0.1, 0.15) is 47.6 Å². The molecule has 3 atom stereocenters. The molecule has 2 aromatic rings. The van der Waals surface area contributed by atoms with E-state index >= 15 is 0 Å². The summed E-state index contributed by atoms with van der Waals surface area (Å²) in [5.41, 5.74) is 6.85. The quantitative estimate of drug-likeness (QED) is 0.747. The maximum absolute atomic E-state index is 5.60. The van der Waals surface area contributed by atoms with E-state index in [2.05, 4.69) is 52.0 Å². The fourth-order valence-electron chi connectivity index (χ4n) is 4.27. The Balaban J connectivity index is 2.21. The zero-order valence-corrected chi connectivity index (χ0v) is 17.0. The second-order valence-electron chi connectivity index (χ2n) is 7.61. The molecular weight excluding hydrogens is 324 g/mol. The van der Waals surface area contributed by atoms with Gasteiger partial charge in [0.15, 0.2) is 11.5 Å². The van der Waals surface area contributed by atoms with Crippen LogP contribution in [0.5, 0.6) is 17.2 Å². The van der Waals surface area contributed by atoms with Gasteiger partial charge in [-0.05, 0) is 72.1 Å². The largest absolute Gasteiger partial charge is 0.493 e. The van der Waals surface area contributed by atoms with E-state index in [1.54, 1.807) is 21.3 Å². The topological polar surface area (TPSA) is 27.7 Å². The molecule has 1 aliphatic rings. The number of rotatable bonds is 4. The van der Waals surface area contributed by atoms with Gasteiger partial charge >= 0.3 is 0 Å². The predicted molar refractivity (Wildman–Crippen MR) is 106 cm³/mol. The number of hydrogen-bond donors (Lipinski definition) is 0. The summed E-state index contributed by atoms with van der Waals surface area (Å²) < 4.78 is 16.7. The Kier molecular flexibility index (Phi) is 5.17. The molecule has 0 amide bonds. The first-order valence-corrected chi connectivity index (χ1v) is 9.31. The minimum atomic E-state index is 0.321. The molecule has 0 saturated heterocycles. The summed E-state index contributed by atoms with van der Waals surface area (Å²) in [6, 6.07) is 8.97. The molecule has 1 aliphatic carbocycles. The Hall–Kier alpha value is -2.16. The van der Waals surface area contributed by atoms with Crippen molar-refractivity contribution in [3.63, 3.8) is 0 Å². The van der Waals surface area contributed by atoms with Gasteiger partial charge in [0.25, 0.3) is 0 Å². The van der Waals surface area contributed by atoms with Crippen molar-refractivity contribution in [1.82, 2.24) is 0 Å². The second kappa shape index (κ2) is 7.22. The summed E-state index contributed by atoms with van der Waals surface area (Å²) in [6.07, 6.45) is 1.14. The fourth-order valence-corrected chi connectivity index (χ4v) is 4.27. The van der Waals surface area contributed by atoms with E-state index in [4.69, 9.17) is 14.2 Å². The lowest BCUT2D eigenvalue weighted by Crippen LogP contribution is -2.27. The first-order chi connectivity index (χ1) is 12.4. The highest BCUT2D eigenvalue weighted by Gasteiger charge is 2.34. The third-order valence-corrected chi connectivity index (χ3v) is 6.10. The van der Waals surface area contributed by atoms with E-state index in [0.29, 0.717) is 23.5 Å². The van der Waals surface area contributed by atoms with Gasteiger partial charge in [-0.1, -0.05) is 26.0 Å². The number of hydrogen-bond acceptors (Lipinski definition) is 3. The van der Waals surface area contributed by atoms with Gasteiger partial charge in [-0.15, -0.1) is 0 Å². The monoisotopic (exact) mass is 354 g/mol. The number of benzene rings is 2. The first-order valence-electron chi connectivity index (χ1n) is 9.31. The molecule has 3 rings (SSSR count). The summed E-state index contributed by atoms with van der Waals surface area (Å²) >= 11 is 0. The first kappa shape index (κ1) is 18.6. The third kappa shape index (κ3) is 3.04. The van der Waals surface area contributed by atoms with Crippen LogP contribution >= 0.6 is 0 Å². The van der Waals surface area contributed by atoms with Gasteiger partial charge in [0.1, 0.15) is 0 Å². The Morgan fingerprint density at radius 1 is 0.808 bits per heavy atom. The Morgan fingerprint density at radius 3 is 1.92 bits per heavy atom. The van der Waals surface area contributed by atoms with E-state index in [-0.39, 0.29) is 0 Å². The Labute approximate surface area is 157 Å². The molecular formula is C23H30O3. The van der Waals surface area contributed by atoms with Crippen molar-refractivity contribution in [2.45, 2.75) is 40.0 Å². The van der Waals surface area contributed by atoms with Gasteiger partial charge in [0.05, 0.1) is 21.3 Å². The number of fused-ring (bicyclic) bond motifs is 1. The zero-order valence-electron chi connectivity index (χ0n) is 17.0. The smallest absolute Gasteiger partial charge is 0.203 e. The van der Waals surface area contributed by atoms with Crippen molar-refractivity contribution < 1.29 is 14.2 Å². The van der Waals surface area contributed by atoms with Crippen molar-refractivity contribution in [3.8, 4) is 17.2 Å². The minimum Gasteiger partial charge on any atom is -0.493 e. The molecule has 3 heteroatoms. The molecule has 0 heterocycles. The van der Waals surface area contributed by atoms with Crippen LogP contribution in [0.25, 0.3) is 0 Å². The van der Waals surface area contributed by atoms with Crippen LogP contribution in [-0.2, 0) is 6.42 Å². The fraction of sp³-hybridized carbons (Fsp3) is 0.478. The highest BCUT2D eigenvalue weighted by Crippen LogP contribution is 2.48. The van der Waals surface area contributed by atoms with Gasteiger partial charge in [-0.2, -0.15) is 0 Å². The van der Waals surface area contributed by atoms with Gasteiger partial charge in [0, 0.05) is 5.92 Å². The zero-order chi connectivity index (χ0) is 19.0. The molecule has 0 spiro atoms. The molecule has 2 unspecified atom stereocenters. The summed E-state index contributed by atoms with van der Waals surface area (Å²) in [6.45, 7) is 9.11. The molecule has 0 aliphatic heterocycles. The maximum Gasteiger partial charge on any atom is 0.203 e. The highest BCUT2D eigenvalue weighted by molar-refractivity contribution is 5.57. The number of methoxy groups -OCH3 is 3. The SMILES string of the molecule is COc1cc([C@@H]2c3cc(C)c(C)cc3CC(C)C2C)cc(OC)c1OC. The molecule has 0 fully saturated rings. The van der Waals surface area contributed by atoms with Crippen molar-refractivity contribution in [1.29, 1.82) is 0 Å². The summed E-state index contributed by atoms with van der Waals surface area (Å²) in [4.78, 5) is 0. The van der Waals surface area contributed by atoms with Crippen molar-refractivity contribution in [2.24, 2.45) is 11.8 Å². The van der Waals surface area contributed by atoms with Crippen LogP contribution in [0.4, 0.5) is 0 Å². The normalized spacial score (nSPS) is 21.9. The number of aryl methyl sites for hydroxylation is 2. The van der Waals surface area contributed by atoms with E-state index in [1.165, 1.54) is 27.8 Å². The lowest BCUT2D eigenvalue weighted by Gasteiger charge is -2.37. The van der Waals surface area contributed by atoms with Crippen LogP contribution in [0.3, 0.4) is 0 Å². The van der Waals surface area contributed by atoms with E-state index in [9.17, 15) is 0 Å². The Bertz CT molecular complexity index is 784. The summed E-state index contributed by atoms with van der Waals surface area (Å²) in [7, 11) is 5.00. The molecule has 0 aromatic heterocycles. The van der Waals surface area contributed by atoms with E-state index < -0.39 is 0 Å². The van der Waals surface area contributed by atoms with Gasteiger partial charge in [-0.25, -0.2) is 0 Å². The average molecular weight is 354 g/mol. The van der Waals surface area contributed by atoms with Crippen LogP contribution in [0.15, 0.2) is 24.3 Å². The molecule has 2 aromatic carbocycles. The lowest BCUT2D eigenvalue weighted by molar-refractivity contribution is 0.313. The number of ether oxygens (including phenoxy) is 3. The lowest BCUT2D eigenvalue weighted by atomic mass is 9.67. The van der Waals surface area contributed by atoms with Crippen molar-refractivity contribution in [3.05, 3.63) is 52.1 Å². The van der Waals surface area contributed by atoms with Gasteiger partial charge < -0.3 is 14.2 Å². The molecule has 3 nitrogen and oxygen atoms in total. The second-order valence-corrected chi connectivity index (χ2v) is 7.61. The molecule has 26 heavy (non-hydrogen) atoms. The van der Waals surface area contributed by atoms with Crippen LogP contribution in [0, 0.1) is 25.7 Å². The summed E-state index contributed by atoms with van der Waals surface area (Å²) in [5, 5.41) is 0. The van der Waals surface area contributed by atoms with Gasteiger partial charge in [-0.3, -0.25) is 0 Å². The average Bonchev–Trinajstić information content (AvgIpc) is 2.63. The van der Waals surface area contributed by atoms with Crippen molar-refractivity contribution in [2.75, 3.05) is 21.3 Å². The Morgan fingerprint density at radius 2 is 1.38 bits per heavy atom. The van der Waals surface area contributed by atoms with Crippen LogP contribution < -0.4 is 14.2 Å². The molecule has 0 radical (unpaired) electrons. The third-order valence-electron chi connectivity index (χ3n) is 6.10. The van der Waals surface area contributed by atoms with Crippen LogP contribution in [0.2, 0.25) is 0 Å². The predicted octanol–water partition coefficient (Wildman–Crippen LogP) is 5.29. The highest BCUT2D eigenvalue weighted by atomic mass is 16.5. The van der Waals surface area contributed by atoms with Crippen LogP contribution in [-0.4, -0.2) is 21.3 Å². The molecule has 0 bridgehead atoms. The van der Waals surface area contributed by atoms with Gasteiger partial charge in [0.2, 0.25) is 5.75 Å². The molecule has 0 N–H and O–H groups in total. The summed E-state index contributed by atoms with van der Waals surface area (Å²) in [5.74, 6) is 3.56. The van der Waals surface area contributed by atoms with E-state index in [1.807, 2.05) is 0 Å². The van der Waals surface area contributed by atoms with E-state index in [0.717, 1.165) is 17.9 Å². The minimum absolute atomic E-state index is 0.321. The molecule has 0 saturated carbocycles. The standard InChI is InChI=1S/C23H30O3/c1-13-8-17-9-15(3)16(4)22(19(17)10-14(13)2)18-11-20(24-5)23(26-7)21(12-18)25-6/h8,10-12,15-16,22H,9H2,1-7H3/t15?,16?,22-/m1/s1. The molecule has 140 valence electrons.